The number of oxazole rings is 1. The lowest BCUT2D eigenvalue weighted by atomic mass is 9.89. The lowest BCUT2D eigenvalue weighted by Crippen LogP contribution is -2.38. The number of carbonyl (C=O) groups excluding carboxylic acids is 2. The molecule has 184 valence electrons. The highest BCUT2D eigenvalue weighted by molar-refractivity contribution is 6.30. The quantitative estimate of drug-likeness (QED) is 0.329. The molecule has 36 heavy (non-hydrogen) atoms. The van der Waals surface area contributed by atoms with Crippen LogP contribution in [-0.4, -0.2) is 42.4 Å². The highest BCUT2D eigenvalue weighted by Crippen LogP contribution is 2.40. The van der Waals surface area contributed by atoms with Gasteiger partial charge in [0.2, 0.25) is 0 Å². The normalized spacial score (nSPS) is 15.2. The van der Waals surface area contributed by atoms with Crippen LogP contribution in [0.1, 0.15) is 22.7 Å². The van der Waals surface area contributed by atoms with E-state index >= 15 is 0 Å². The van der Waals surface area contributed by atoms with Crippen LogP contribution in [-0.2, 0) is 20.8 Å². The Labute approximate surface area is 211 Å². The van der Waals surface area contributed by atoms with Gasteiger partial charge in [-0.25, -0.2) is 9.59 Å². The number of esters is 1. The van der Waals surface area contributed by atoms with Gasteiger partial charge in [0, 0.05) is 17.1 Å². The van der Waals surface area contributed by atoms with Crippen molar-refractivity contribution in [1.29, 1.82) is 0 Å². The number of aromatic nitrogens is 1. The van der Waals surface area contributed by atoms with Crippen molar-refractivity contribution in [1.82, 2.24) is 10.0 Å². The molecule has 1 aliphatic rings. The minimum Gasteiger partial charge on any atom is -0.482 e. The molecule has 0 saturated carbocycles. The number of halogens is 1. The molecule has 0 amide bonds. The zero-order valence-corrected chi connectivity index (χ0v) is 19.9. The first-order valence-corrected chi connectivity index (χ1v) is 11.5. The molecule has 9 nitrogen and oxygen atoms in total. The van der Waals surface area contributed by atoms with Crippen molar-refractivity contribution < 1.29 is 33.1 Å². The number of nitrogens with zero attached hydrogens (tertiary/aromatic N) is 2. The molecule has 4 aromatic rings. The fraction of sp³-hybridized carbons (Fsp3) is 0.192. The molecule has 5 rings (SSSR count). The lowest BCUT2D eigenvalue weighted by Gasteiger charge is -2.35. The number of hydrogen-bond donors (Lipinski definition) is 0. The second-order valence-corrected chi connectivity index (χ2v) is 8.37. The summed E-state index contributed by atoms with van der Waals surface area (Å²) >= 11 is 6.33. The van der Waals surface area contributed by atoms with Crippen molar-refractivity contribution in [2.75, 3.05) is 20.3 Å². The van der Waals surface area contributed by atoms with Crippen LogP contribution < -0.4 is 9.47 Å². The van der Waals surface area contributed by atoms with Crippen molar-refractivity contribution in [2.24, 2.45) is 0 Å². The molecule has 0 N–H and O–H groups in total. The van der Waals surface area contributed by atoms with Gasteiger partial charge in [0.25, 0.3) is 0 Å². The average Bonchev–Trinajstić information content (AvgIpc) is 3.29. The van der Waals surface area contributed by atoms with Crippen molar-refractivity contribution in [3.05, 3.63) is 88.4 Å². The lowest BCUT2D eigenvalue weighted by molar-refractivity contribution is -0.144. The largest absolute Gasteiger partial charge is 0.537 e. The van der Waals surface area contributed by atoms with Gasteiger partial charge in [-0.2, -0.15) is 4.98 Å². The van der Waals surface area contributed by atoms with E-state index in [1.165, 1.54) is 12.2 Å². The van der Waals surface area contributed by atoms with Crippen LogP contribution in [0.25, 0.3) is 11.1 Å². The summed E-state index contributed by atoms with van der Waals surface area (Å²) < 4.78 is 21.1. The highest BCUT2D eigenvalue weighted by Gasteiger charge is 2.34. The Hall–Kier alpha value is -4.08. The molecule has 0 radical (unpaired) electrons. The maximum Gasteiger partial charge on any atom is 0.537 e. The van der Waals surface area contributed by atoms with Gasteiger partial charge in [0.05, 0.1) is 13.2 Å². The maximum atomic E-state index is 12.7. The van der Waals surface area contributed by atoms with Gasteiger partial charge in [-0.1, -0.05) is 48.0 Å². The predicted molar refractivity (Wildman–Crippen MR) is 129 cm³/mol. The summed E-state index contributed by atoms with van der Waals surface area (Å²) in [5, 5.41) is 1.94. The van der Waals surface area contributed by atoms with Gasteiger partial charge in [-0.15, -0.1) is 5.06 Å². The average molecular weight is 509 g/mol. The molecule has 10 heteroatoms. The predicted octanol–water partition coefficient (Wildman–Crippen LogP) is 5.11. The third-order valence-electron chi connectivity index (χ3n) is 5.72. The summed E-state index contributed by atoms with van der Waals surface area (Å²) in [5.41, 5.74) is 3.61. The second kappa shape index (κ2) is 10.3. The number of fused-ring (bicyclic) bond motifs is 2. The Balaban J connectivity index is 1.45. The molecule has 0 unspecified atom stereocenters. The molecule has 0 saturated heterocycles. The van der Waals surface area contributed by atoms with Crippen LogP contribution in [0.4, 0.5) is 4.79 Å². The second-order valence-electron chi connectivity index (χ2n) is 7.93. The summed E-state index contributed by atoms with van der Waals surface area (Å²) in [6.07, 6.45) is -0.605. The van der Waals surface area contributed by atoms with Crippen LogP contribution in [0.15, 0.2) is 71.1 Å². The summed E-state index contributed by atoms with van der Waals surface area (Å²) in [6.45, 7) is 0.0768. The van der Waals surface area contributed by atoms with E-state index in [0.717, 1.165) is 11.1 Å². The van der Waals surface area contributed by atoms with E-state index in [4.69, 9.17) is 30.3 Å². The third-order valence-corrected chi connectivity index (χ3v) is 5.95. The van der Waals surface area contributed by atoms with E-state index in [9.17, 15) is 9.59 Å². The Morgan fingerprint density at radius 1 is 1.08 bits per heavy atom. The van der Waals surface area contributed by atoms with Crippen LogP contribution in [0.3, 0.4) is 0 Å². The first kappa shape index (κ1) is 23.7. The maximum absolute atomic E-state index is 12.7. The molecule has 3 aromatic carbocycles. The molecule has 1 atom stereocenters. The van der Waals surface area contributed by atoms with Gasteiger partial charge in [0.1, 0.15) is 11.3 Å². The van der Waals surface area contributed by atoms with Crippen molar-refractivity contribution in [2.45, 2.75) is 12.5 Å². The van der Waals surface area contributed by atoms with E-state index in [-0.39, 0.29) is 12.7 Å². The van der Waals surface area contributed by atoms with Gasteiger partial charge < -0.3 is 23.5 Å². The van der Waals surface area contributed by atoms with Crippen LogP contribution in [0.2, 0.25) is 5.02 Å². The topological polar surface area (TPSA) is 100 Å². The molecule has 0 spiro atoms. The first-order valence-electron chi connectivity index (χ1n) is 11.1. The molecule has 0 aliphatic carbocycles. The van der Waals surface area contributed by atoms with Gasteiger partial charge >= 0.3 is 18.2 Å². The van der Waals surface area contributed by atoms with E-state index in [0.29, 0.717) is 40.4 Å². The standard InChI is InChI=1S/C26H21ClN2O7/c1-32-23(30)15-33-21-11-10-17(27)14-19(21)24-18-7-3-2-6-16(18)12-13-29(24)36-26(31)35-25-28-20-8-4-5-9-22(20)34-25/h2-11,14,24H,12-13,15H2,1H3/t24-/m0/s1. The molecule has 1 aromatic heterocycles. The minimum atomic E-state index is -1.01. The molecular formula is C26H21ClN2O7. The van der Waals surface area contributed by atoms with Gasteiger partial charge in [0.15, 0.2) is 12.2 Å². The first-order chi connectivity index (χ1) is 17.5. The summed E-state index contributed by atoms with van der Waals surface area (Å²) in [5.74, 6) is -0.137. The molecule has 0 fully saturated rings. The number of rotatable bonds is 6. The number of para-hydroxylation sites is 2. The van der Waals surface area contributed by atoms with Crippen LogP contribution >= 0.6 is 11.6 Å². The van der Waals surface area contributed by atoms with Crippen LogP contribution in [0, 0.1) is 0 Å². The number of carbonyl (C=O) groups is 2. The Kier molecular flexibility index (Phi) is 6.75. The molecule has 0 bridgehead atoms. The summed E-state index contributed by atoms with van der Waals surface area (Å²) in [4.78, 5) is 34.2. The zero-order chi connectivity index (χ0) is 25.1. The zero-order valence-electron chi connectivity index (χ0n) is 19.2. The minimum absolute atomic E-state index is 0.222. The molecule has 2 heterocycles. The summed E-state index contributed by atoms with van der Waals surface area (Å²) in [7, 11) is 1.28. The van der Waals surface area contributed by atoms with Gasteiger partial charge in [-0.3, -0.25) is 0 Å². The number of benzene rings is 3. The number of hydrogen-bond acceptors (Lipinski definition) is 9. The fourth-order valence-electron chi connectivity index (χ4n) is 4.10. The van der Waals surface area contributed by atoms with E-state index < -0.39 is 18.2 Å². The SMILES string of the molecule is COC(=O)COc1ccc(Cl)cc1[C@@H]1c2ccccc2CCN1OC(=O)Oc1nc2ccccc2o1. The van der Waals surface area contributed by atoms with E-state index in [1.807, 2.05) is 24.3 Å². The fourth-order valence-corrected chi connectivity index (χ4v) is 4.29. The van der Waals surface area contributed by atoms with Crippen molar-refractivity contribution in [3.63, 3.8) is 0 Å². The van der Waals surface area contributed by atoms with Crippen LogP contribution in [0.5, 0.6) is 11.8 Å². The van der Waals surface area contributed by atoms with Gasteiger partial charge in [-0.05, 0) is 47.9 Å². The monoisotopic (exact) mass is 508 g/mol. The highest BCUT2D eigenvalue weighted by atomic mass is 35.5. The number of hydroxylamine groups is 2. The Morgan fingerprint density at radius 2 is 1.89 bits per heavy atom. The van der Waals surface area contributed by atoms with E-state index in [1.54, 1.807) is 42.5 Å². The Morgan fingerprint density at radius 3 is 2.72 bits per heavy atom. The Bertz CT molecular complexity index is 1390. The molecule has 1 aliphatic heterocycles. The third kappa shape index (κ3) is 4.98. The van der Waals surface area contributed by atoms with Crippen molar-refractivity contribution >= 4 is 34.8 Å². The van der Waals surface area contributed by atoms with Crippen molar-refractivity contribution in [3.8, 4) is 11.8 Å². The summed E-state index contributed by atoms with van der Waals surface area (Å²) in [6, 6.07) is 19.3. The number of ether oxygens (including phenoxy) is 3. The smallest absolute Gasteiger partial charge is 0.482 e. The number of methoxy groups -OCH3 is 1. The van der Waals surface area contributed by atoms with E-state index in [2.05, 4.69) is 9.72 Å². The molecular weight excluding hydrogens is 488 g/mol.